The monoisotopic (exact) mass is 272 g/mol. The maximum absolute atomic E-state index is 11.4. The Kier molecular flexibility index (Phi) is 3.79. The summed E-state index contributed by atoms with van der Waals surface area (Å²) in [6, 6.07) is 2.25. The third-order valence-electron chi connectivity index (χ3n) is 1.71. The highest BCUT2D eigenvalue weighted by atomic mass is 79.9. The molecule has 0 aromatic carbocycles. The number of aromatic nitrogens is 1. The summed E-state index contributed by atoms with van der Waals surface area (Å²) in [5.41, 5.74) is 0.325. The Hall–Kier alpha value is -1.43. The highest BCUT2D eigenvalue weighted by molar-refractivity contribution is 9.10. The lowest BCUT2D eigenvalue weighted by Gasteiger charge is -2.08. The van der Waals surface area contributed by atoms with Crippen LogP contribution < -0.4 is 5.32 Å². The van der Waals surface area contributed by atoms with E-state index in [1.807, 2.05) is 0 Å². The van der Waals surface area contributed by atoms with Gasteiger partial charge in [0.05, 0.1) is 5.56 Å². The molecule has 0 unspecified atom stereocenters. The number of hydrogen-bond acceptors (Lipinski definition) is 3. The molecular formula is C9H9BrN2O3. The topological polar surface area (TPSA) is 79.3 Å². The number of pyridine rings is 1. The van der Waals surface area contributed by atoms with Gasteiger partial charge in [0.15, 0.2) is 0 Å². The molecule has 1 amide bonds. The van der Waals surface area contributed by atoms with E-state index in [1.54, 1.807) is 12.1 Å². The second-order valence-electron chi connectivity index (χ2n) is 2.90. The molecule has 1 heterocycles. The van der Waals surface area contributed by atoms with Crippen LogP contribution in [-0.2, 0) is 4.79 Å². The molecule has 80 valence electrons. The van der Waals surface area contributed by atoms with Crippen molar-refractivity contribution in [3.8, 4) is 0 Å². The van der Waals surface area contributed by atoms with Gasteiger partial charge >= 0.3 is 5.97 Å². The Labute approximate surface area is 94.6 Å². The number of carbonyl (C=O) groups excluding carboxylic acids is 1. The van der Waals surface area contributed by atoms with E-state index in [4.69, 9.17) is 5.11 Å². The minimum absolute atomic E-state index is 0.325. The van der Waals surface area contributed by atoms with Crippen molar-refractivity contribution in [2.24, 2.45) is 0 Å². The van der Waals surface area contributed by atoms with E-state index in [9.17, 15) is 9.59 Å². The summed E-state index contributed by atoms with van der Waals surface area (Å²) in [5, 5.41) is 10.9. The van der Waals surface area contributed by atoms with Crippen molar-refractivity contribution in [1.29, 1.82) is 0 Å². The third kappa shape index (κ3) is 3.32. The number of nitrogens with one attached hydrogen (secondary N) is 1. The Bertz CT molecular complexity index is 377. The molecular weight excluding hydrogens is 264 g/mol. The van der Waals surface area contributed by atoms with Crippen LogP contribution in [0.2, 0.25) is 0 Å². The summed E-state index contributed by atoms with van der Waals surface area (Å²) in [4.78, 5) is 25.8. The maximum Gasteiger partial charge on any atom is 0.325 e. The smallest absolute Gasteiger partial charge is 0.325 e. The van der Waals surface area contributed by atoms with Gasteiger partial charge in [-0.2, -0.15) is 0 Å². The molecule has 0 saturated heterocycles. The van der Waals surface area contributed by atoms with Crippen LogP contribution in [0.5, 0.6) is 0 Å². The summed E-state index contributed by atoms with van der Waals surface area (Å²) < 4.78 is 0.616. The Morgan fingerprint density at radius 1 is 1.53 bits per heavy atom. The predicted octanol–water partition coefficient (Wildman–Crippen LogP) is 1.05. The number of carbonyl (C=O) groups is 2. The summed E-state index contributed by atoms with van der Waals surface area (Å²) in [5.74, 6) is -1.53. The van der Waals surface area contributed by atoms with Gasteiger partial charge in [-0.1, -0.05) is 0 Å². The molecule has 1 atom stereocenters. The maximum atomic E-state index is 11.4. The fourth-order valence-corrected chi connectivity index (χ4v) is 1.09. The van der Waals surface area contributed by atoms with Gasteiger partial charge in [0.1, 0.15) is 10.6 Å². The molecule has 0 saturated carbocycles. The third-order valence-corrected chi connectivity index (χ3v) is 2.18. The van der Waals surface area contributed by atoms with Crippen molar-refractivity contribution in [3.05, 3.63) is 28.5 Å². The number of hydrogen-bond donors (Lipinski definition) is 2. The summed E-state index contributed by atoms with van der Waals surface area (Å²) in [6.07, 6.45) is 1.37. The number of carboxylic acid groups (broad SMARTS) is 1. The number of aliphatic carboxylic acids is 1. The lowest BCUT2D eigenvalue weighted by atomic mass is 10.2. The van der Waals surface area contributed by atoms with Gasteiger partial charge < -0.3 is 10.4 Å². The average Bonchev–Trinajstić information content (AvgIpc) is 2.18. The predicted molar refractivity (Wildman–Crippen MR) is 56.5 cm³/mol. The van der Waals surface area contributed by atoms with E-state index in [-0.39, 0.29) is 0 Å². The summed E-state index contributed by atoms with van der Waals surface area (Å²) >= 11 is 3.13. The zero-order chi connectivity index (χ0) is 11.4. The number of amides is 1. The lowest BCUT2D eigenvalue weighted by Crippen LogP contribution is -2.38. The molecule has 0 bridgehead atoms. The second-order valence-corrected chi connectivity index (χ2v) is 3.72. The fraction of sp³-hybridized carbons (Fsp3) is 0.222. The van der Waals surface area contributed by atoms with Crippen molar-refractivity contribution in [2.45, 2.75) is 13.0 Å². The van der Waals surface area contributed by atoms with E-state index in [2.05, 4.69) is 26.2 Å². The van der Waals surface area contributed by atoms with E-state index in [1.165, 1.54) is 13.1 Å². The highest BCUT2D eigenvalue weighted by Gasteiger charge is 2.15. The Balaban J connectivity index is 2.69. The number of nitrogens with zero attached hydrogens (tertiary/aromatic N) is 1. The molecule has 1 aromatic rings. The standard InChI is InChI=1S/C9H9BrN2O3/c1-5(9(14)15)12-8(13)6-2-3-7(10)11-4-6/h2-5H,1H3,(H,12,13)(H,14,15)/t5-/m1/s1. The van der Waals surface area contributed by atoms with Crippen LogP contribution >= 0.6 is 15.9 Å². The van der Waals surface area contributed by atoms with Gasteiger partial charge in [-0.15, -0.1) is 0 Å². The van der Waals surface area contributed by atoms with E-state index in [0.717, 1.165) is 0 Å². The van der Waals surface area contributed by atoms with Gasteiger partial charge in [-0.3, -0.25) is 9.59 Å². The Morgan fingerprint density at radius 2 is 2.20 bits per heavy atom. The lowest BCUT2D eigenvalue weighted by molar-refractivity contribution is -0.138. The second kappa shape index (κ2) is 4.88. The molecule has 0 fully saturated rings. The van der Waals surface area contributed by atoms with Crippen molar-refractivity contribution < 1.29 is 14.7 Å². The molecule has 0 spiro atoms. The largest absolute Gasteiger partial charge is 0.480 e. The van der Waals surface area contributed by atoms with Gasteiger partial charge in [-0.25, -0.2) is 4.98 Å². The van der Waals surface area contributed by atoms with E-state index < -0.39 is 17.9 Å². The van der Waals surface area contributed by atoms with Crippen LogP contribution in [0.3, 0.4) is 0 Å². The first kappa shape index (κ1) is 11.6. The minimum atomic E-state index is -1.08. The van der Waals surface area contributed by atoms with Crippen molar-refractivity contribution in [1.82, 2.24) is 10.3 Å². The average molecular weight is 273 g/mol. The molecule has 0 aliphatic heterocycles. The van der Waals surface area contributed by atoms with Gasteiger partial charge in [0.2, 0.25) is 0 Å². The molecule has 0 radical (unpaired) electrons. The minimum Gasteiger partial charge on any atom is -0.480 e. The number of rotatable bonds is 3. The zero-order valence-corrected chi connectivity index (χ0v) is 9.48. The molecule has 5 nitrogen and oxygen atoms in total. The molecule has 6 heteroatoms. The molecule has 1 aromatic heterocycles. The van der Waals surface area contributed by atoms with Crippen LogP contribution in [0.1, 0.15) is 17.3 Å². The first-order valence-corrected chi connectivity index (χ1v) is 4.95. The van der Waals surface area contributed by atoms with Crippen molar-refractivity contribution >= 4 is 27.8 Å². The number of halogens is 1. The number of carboxylic acids is 1. The van der Waals surface area contributed by atoms with Crippen molar-refractivity contribution in [3.63, 3.8) is 0 Å². The van der Waals surface area contributed by atoms with Crippen LogP contribution in [0.15, 0.2) is 22.9 Å². The molecule has 1 rings (SSSR count). The van der Waals surface area contributed by atoms with Crippen LogP contribution in [0, 0.1) is 0 Å². The van der Waals surface area contributed by atoms with E-state index >= 15 is 0 Å². The molecule has 2 N–H and O–H groups in total. The van der Waals surface area contributed by atoms with E-state index in [0.29, 0.717) is 10.2 Å². The molecule has 0 aliphatic rings. The van der Waals surface area contributed by atoms with Gasteiger partial charge in [0, 0.05) is 6.20 Å². The SMILES string of the molecule is C[C@@H](NC(=O)c1ccc(Br)nc1)C(=O)O. The quantitative estimate of drug-likeness (QED) is 0.807. The van der Waals surface area contributed by atoms with Gasteiger partial charge in [0.25, 0.3) is 5.91 Å². The molecule has 15 heavy (non-hydrogen) atoms. The van der Waals surface area contributed by atoms with Crippen LogP contribution in [-0.4, -0.2) is 28.0 Å². The van der Waals surface area contributed by atoms with Gasteiger partial charge in [-0.05, 0) is 35.0 Å². The zero-order valence-electron chi connectivity index (χ0n) is 7.90. The summed E-state index contributed by atoms with van der Waals surface area (Å²) in [6.45, 7) is 1.40. The first-order valence-electron chi connectivity index (χ1n) is 4.16. The summed E-state index contributed by atoms with van der Waals surface area (Å²) in [7, 11) is 0. The van der Waals surface area contributed by atoms with Crippen molar-refractivity contribution in [2.75, 3.05) is 0 Å². The normalized spacial score (nSPS) is 11.9. The fourth-order valence-electron chi connectivity index (χ4n) is 0.852. The molecule has 0 aliphatic carbocycles. The van der Waals surface area contributed by atoms with Crippen LogP contribution in [0.25, 0.3) is 0 Å². The van der Waals surface area contributed by atoms with Crippen LogP contribution in [0.4, 0.5) is 0 Å². The Morgan fingerprint density at radius 3 is 2.67 bits per heavy atom. The first-order chi connectivity index (χ1) is 7.00. The highest BCUT2D eigenvalue weighted by Crippen LogP contribution is 2.06.